The molecule has 146 valence electrons. The van der Waals surface area contributed by atoms with Gasteiger partial charge in [0.1, 0.15) is 5.82 Å². The zero-order valence-corrected chi connectivity index (χ0v) is 16.3. The predicted octanol–water partition coefficient (Wildman–Crippen LogP) is 2.11. The zero-order chi connectivity index (χ0) is 18.8. The lowest BCUT2D eigenvalue weighted by atomic mass is 9.95. The highest BCUT2D eigenvalue weighted by molar-refractivity contribution is 5.89. The van der Waals surface area contributed by atoms with E-state index in [2.05, 4.69) is 17.2 Å². The predicted molar refractivity (Wildman–Crippen MR) is 102 cm³/mol. The van der Waals surface area contributed by atoms with Crippen LogP contribution < -0.4 is 5.32 Å². The number of hydrogen-bond donors (Lipinski definition) is 1. The maximum Gasteiger partial charge on any atom is 0.225 e. The fraction of sp³-hybridized carbons (Fsp3) is 0.714. The number of amides is 2. The standard InChI is InChI=1S/C21H30N4O2/c1-14-17-8-4-5-9-18(17)24-19(23-14)10-11-22-21(27)15-12-20(26)25(13-15)16-6-2-3-7-16/h15-16H,2-13H2,1H3,(H,22,27). The van der Waals surface area contributed by atoms with Crippen molar-refractivity contribution in [2.75, 3.05) is 13.1 Å². The van der Waals surface area contributed by atoms with Gasteiger partial charge >= 0.3 is 0 Å². The van der Waals surface area contributed by atoms with Gasteiger partial charge in [0.15, 0.2) is 0 Å². The average Bonchev–Trinajstić information content (AvgIpc) is 3.31. The number of carbonyl (C=O) groups excluding carboxylic acids is 2. The highest BCUT2D eigenvalue weighted by Crippen LogP contribution is 2.29. The molecule has 0 radical (unpaired) electrons. The van der Waals surface area contributed by atoms with Gasteiger partial charge in [-0.05, 0) is 51.0 Å². The number of aromatic nitrogens is 2. The van der Waals surface area contributed by atoms with Gasteiger partial charge in [-0.1, -0.05) is 12.8 Å². The summed E-state index contributed by atoms with van der Waals surface area (Å²) in [5, 5.41) is 3.01. The Morgan fingerprint density at radius 2 is 1.93 bits per heavy atom. The van der Waals surface area contributed by atoms with Crippen LogP contribution >= 0.6 is 0 Å². The van der Waals surface area contributed by atoms with E-state index in [1.807, 2.05) is 4.90 Å². The Morgan fingerprint density at radius 3 is 2.74 bits per heavy atom. The van der Waals surface area contributed by atoms with Gasteiger partial charge in [-0.2, -0.15) is 0 Å². The van der Waals surface area contributed by atoms with Gasteiger partial charge in [-0.3, -0.25) is 9.59 Å². The van der Waals surface area contributed by atoms with Crippen LogP contribution in [0, 0.1) is 12.8 Å². The Labute approximate surface area is 161 Å². The van der Waals surface area contributed by atoms with E-state index in [9.17, 15) is 9.59 Å². The van der Waals surface area contributed by atoms with Crippen LogP contribution in [-0.4, -0.2) is 45.8 Å². The summed E-state index contributed by atoms with van der Waals surface area (Å²) in [6.45, 7) is 3.19. The molecular formula is C21H30N4O2. The maximum absolute atomic E-state index is 12.5. The van der Waals surface area contributed by atoms with Gasteiger partial charge in [-0.15, -0.1) is 0 Å². The largest absolute Gasteiger partial charge is 0.355 e. The summed E-state index contributed by atoms with van der Waals surface area (Å²) >= 11 is 0. The normalized spacial score (nSPS) is 22.9. The van der Waals surface area contributed by atoms with Gasteiger partial charge < -0.3 is 10.2 Å². The number of aryl methyl sites for hydroxylation is 2. The summed E-state index contributed by atoms with van der Waals surface area (Å²) in [7, 11) is 0. The van der Waals surface area contributed by atoms with Crippen molar-refractivity contribution in [3.8, 4) is 0 Å². The average molecular weight is 370 g/mol. The molecule has 2 fully saturated rings. The molecule has 1 aliphatic heterocycles. The lowest BCUT2D eigenvalue weighted by Crippen LogP contribution is -2.37. The van der Waals surface area contributed by atoms with Crippen LogP contribution in [0.1, 0.15) is 67.7 Å². The van der Waals surface area contributed by atoms with Crippen LogP contribution in [0.15, 0.2) is 0 Å². The molecule has 3 aliphatic rings. The van der Waals surface area contributed by atoms with Crippen LogP contribution in [-0.2, 0) is 28.9 Å². The van der Waals surface area contributed by atoms with Crippen LogP contribution in [0.3, 0.4) is 0 Å². The van der Waals surface area contributed by atoms with E-state index in [0.717, 1.165) is 37.2 Å². The molecule has 6 heteroatoms. The Morgan fingerprint density at radius 1 is 1.15 bits per heavy atom. The van der Waals surface area contributed by atoms with Crippen LogP contribution in [0.25, 0.3) is 0 Å². The first-order valence-corrected chi connectivity index (χ1v) is 10.5. The molecule has 6 nitrogen and oxygen atoms in total. The maximum atomic E-state index is 12.5. The second-order valence-corrected chi connectivity index (χ2v) is 8.28. The lowest BCUT2D eigenvalue weighted by Gasteiger charge is -2.23. The van der Waals surface area contributed by atoms with Crippen molar-refractivity contribution < 1.29 is 9.59 Å². The zero-order valence-electron chi connectivity index (χ0n) is 16.3. The van der Waals surface area contributed by atoms with Gasteiger partial charge in [0, 0.05) is 43.4 Å². The second-order valence-electron chi connectivity index (χ2n) is 8.28. The first-order chi connectivity index (χ1) is 13.1. The molecule has 2 amide bonds. The fourth-order valence-corrected chi connectivity index (χ4v) is 4.87. The molecule has 2 heterocycles. The monoisotopic (exact) mass is 370 g/mol. The van der Waals surface area contributed by atoms with E-state index in [1.165, 1.54) is 36.9 Å². The molecule has 0 bridgehead atoms. The van der Waals surface area contributed by atoms with Crippen LogP contribution in [0.4, 0.5) is 0 Å². The molecular weight excluding hydrogens is 340 g/mol. The van der Waals surface area contributed by atoms with Crippen molar-refractivity contribution in [3.63, 3.8) is 0 Å². The minimum atomic E-state index is -0.204. The number of nitrogens with one attached hydrogen (secondary N) is 1. The molecule has 1 atom stereocenters. The molecule has 27 heavy (non-hydrogen) atoms. The molecule has 4 rings (SSSR count). The molecule has 0 spiro atoms. The topological polar surface area (TPSA) is 75.2 Å². The summed E-state index contributed by atoms with van der Waals surface area (Å²) in [6, 6.07) is 0.363. The number of hydrogen-bond acceptors (Lipinski definition) is 4. The van der Waals surface area contributed by atoms with E-state index < -0.39 is 0 Å². The Kier molecular flexibility index (Phi) is 5.41. The SMILES string of the molecule is Cc1nc(CCNC(=O)C2CC(=O)N(C3CCCC3)C2)nc2c1CCCC2. The Balaban J connectivity index is 1.29. The first kappa shape index (κ1) is 18.4. The van der Waals surface area contributed by atoms with E-state index in [0.29, 0.717) is 32.0 Å². The van der Waals surface area contributed by atoms with Crippen molar-refractivity contribution in [1.82, 2.24) is 20.2 Å². The highest BCUT2D eigenvalue weighted by Gasteiger charge is 2.38. The third-order valence-electron chi connectivity index (χ3n) is 6.38. The minimum absolute atomic E-state index is 0.00136. The lowest BCUT2D eigenvalue weighted by molar-refractivity contribution is -0.130. The minimum Gasteiger partial charge on any atom is -0.355 e. The molecule has 1 N–H and O–H groups in total. The summed E-state index contributed by atoms with van der Waals surface area (Å²) in [6.07, 6.45) is 10.1. The molecule has 0 aromatic carbocycles. The summed E-state index contributed by atoms with van der Waals surface area (Å²) < 4.78 is 0. The van der Waals surface area contributed by atoms with E-state index in [1.54, 1.807) is 0 Å². The van der Waals surface area contributed by atoms with Crippen molar-refractivity contribution in [1.29, 1.82) is 0 Å². The van der Waals surface area contributed by atoms with Gasteiger partial charge in [0.05, 0.1) is 5.92 Å². The van der Waals surface area contributed by atoms with E-state index in [4.69, 9.17) is 4.98 Å². The van der Waals surface area contributed by atoms with Crippen molar-refractivity contribution in [3.05, 3.63) is 22.8 Å². The molecule has 1 saturated heterocycles. The fourth-order valence-electron chi connectivity index (χ4n) is 4.87. The number of carbonyl (C=O) groups is 2. The second kappa shape index (κ2) is 7.95. The van der Waals surface area contributed by atoms with Crippen molar-refractivity contribution in [2.24, 2.45) is 5.92 Å². The quantitative estimate of drug-likeness (QED) is 0.861. The Bertz CT molecular complexity index is 727. The number of fused-ring (bicyclic) bond motifs is 1. The summed E-state index contributed by atoms with van der Waals surface area (Å²) in [5.74, 6) is 0.766. The van der Waals surface area contributed by atoms with Gasteiger partial charge in [0.25, 0.3) is 0 Å². The summed E-state index contributed by atoms with van der Waals surface area (Å²) in [5.41, 5.74) is 3.61. The number of nitrogens with zero attached hydrogens (tertiary/aromatic N) is 3. The van der Waals surface area contributed by atoms with E-state index >= 15 is 0 Å². The van der Waals surface area contributed by atoms with Crippen molar-refractivity contribution in [2.45, 2.75) is 77.2 Å². The summed E-state index contributed by atoms with van der Waals surface area (Å²) in [4.78, 5) is 36.1. The Hall–Kier alpha value is -1.98. The highest BCUT2D eigenvalue weighted by atomic mass is 16.2. The van der Waals surface area contributed by atoms with Crippen LogP contribution in [0.2, 0.25) is 0 Å². The molecule has 1 unspecified atom stereocenters. The number of likely N-dealkylation sites (tertiary alicyclic amines) is 1. The van der Waals surface area contributed by atoms with E-state index in [-0.39, 0.29) is 17.7 Å². The smallest absolute Gasteiger partial charge is 0.225 e. The first-order valence-electron chi connectivity index (χ1n) is 10.5. The number of rotatable bonds is 5. The molecule has 1 aromatic rings. The van der Waals surface area contributed by atoms with Gasteiger partial charge in [0.2, 0.25) is 11.8 Å². The third kappa shape index (κ3) is 3.99. The third-order valence-corrected chi connectivity index (χ3v) is 6.38. The molecule has 1 saturated carbocycles. The van der Waals surface area contributed by atoms with Gasteiger partial charge in [-0.25, -0.2) is 9.97 Å². The van der Waals surface area contributed by atoms with Crippen LogP contribution in [0.5, 0.6) is 0 Å². The van der Waals surface area contributed by atoms with Crippen molar-refractivity contribution >= 4 is 11.8 Å². The molecule has 1 aromatic heterocycles. The molecule has 2 aliphatic carbocycles.